The number of nitrogens with zero attached hydrogens (tertiary/aromatic N) is 4. The first-order valence-electron chi connectivity index (χ1n) is 17.4. The van der Waals surface area contributed by atoms with Crippen LogP contribution in [0, 0.1) is 35.5 Å². The molecule has 2 aliphatic rings. The molecule has 0 spiro atoms. The van der Waals surface area contributed by atoms with E-state index in [9.17, 15) is 9.59 Å². The maximum atomic E-state index is 13.2. The summed E-state index contributed by atoms with van der Waals surface area (Å²) in [5, 5.41) is 17.9. The first-order chi connectivity index (χ1) is 23.0. The van der Waals surface area contributed by atoms with Crippen molar-refractivity contribution >= 4 is 22.9 Å². The summed E-state index contributed by atoms with van der Waals surface area (Å²) in [5.74, 6) is 0.207. The zero-order valence-corrected chi connectivity index (χ0v) is 32.5. The van der Waals surface area contributed by atoms with Crippen molar-refractivity contribution in [2.24, 2.45) is 42.1 Å². The number of benzene rings is 2. The molecule has 6 nitrogen and oxygen atoms in total. The Labute approximate surface area is 299 Å². The van der Waals surface area contributed by atoms with E-state index in [2.05, 4.69) is 116 Å². The van der Waals surface area contributed by atoms with Crippen molar-refractivity contribution in [3.63, 3.8) is 0 Å². The third-order valence-electron chi connectivity index (χ3n) is 8.93. The van der Waals surface area contributed by atoms with Crippen LogP contribution in [-0.2, 0) is 9.59 Å². The molecule has 0 radical (unpaired) electrons. The fourth-order valence-electron chi connectivity index (χ4n) is 5.89. The molecule has 0 saturated carbocycles. The molecule has 50 heavy (non-hydrogen) atoms. The molecule has 0 bridgehead atoms. The summed E-state index contributed by atoms with van der Waals surface area (Å²) in [4.78, 5) is 26.5. The highest BCUT2D eigenvalue weighted by atomic mass is 16.1. The van der Waals surface area contributed by atoms with Crippen LogP contribution in [0.15, 0.2) is 127 Å². The Morgan fingerprint density at radius 1 is 0.460 bits per heavy atom. The molecule has 0 fully saturated rings. The third-order valence-corrected chi connectivity index (χ3v) is 8.93. The molecule has 0 aromatic heterocycles. The molecule has 262 valence electrons. The Bertz CT molecular complexity index is 1750. The SMILES string of the molecule is Cc1cc(-c2ccc(N=NC=C3C=C(C(C)(C)C)C(=O)C(C(C)(C)C)=C3)c(C)c2)ccc1N=NC=C1C=C(C(C)(C)C)C(=O)C(C(C)(C)C)=C1. The van der Waals surface area contributed by atoms with Gasteiger partial charge in [-0.25, -0.2) is 0 Å². The molecular formula is C44H54N4O2. The number of ketones is 2. The van der Waals surface area contributed by atoms with Crippen LogP contribution < -0.4 is 0 Å². The van der Waals surface area contributed by atoms with E-state index in [1.807, 2.05) is 62.4 Å². The second kappa shape index (κ2) is 14.0. The number of hydrogen-bond donors (Lipinski definition) is 0. The van der Waals surface area contributed by atoms with Crippen molar-refractivity contribution in [3.05, 3.63) is 118 Å². The van der Waals surface area contributed by atoms with Crippen LogP contribution in [0.4, 0.5) is 11.4 Å². The van der Waals surface area contributed by atoms with Gasteiger partial charge in [-0.3, -0.25) is 9.59 Å². The summed E-state index contributed by atoms with van der Waals surface area (Å²) >= 11 is 0. The quantitative estimate of drug-likeness (QED) is 0.297. The lowest BCUT2D eigenvalue weighted by Crippen LogP contribution is -2.27. The molecule has 2 aliphatic carbocycles. The monoisotopic (exact) mass is 670 g/mol. The summed E-state index contributed by atoms with van der Waals surface area (Å²) in [5.41, 5.74) is 9.48. The van der Waals surface area contributed by atoms with Gasteiger partial charge in [0.15, 0.2) is 11.6 Å². The summed E-state index contributed by atoms with van der Waals surface area (Å²) < 4.78 is 0. The number of aryl methyl sites for hydroxylation is 2. The van der Waals surface area contributed by atoms with Crippen LogP contribution in [0.2, 0.25) is 0 Å². The second-order valence-electron chi connectivity index (χ2n) is 17.6. The number of carbonyl (C=O) groups excluding carboxylic acids is 2. The van der Waals surface area contributed by atoms with E-state index < -0.39 is 0 Å². The third kappa shape index (κ3) is 8.95. The van der Waals surface area contributed by atoms with Gasteiger partial charge in [-0.05, 0) is 117 Å². The van der Waals surface area contributed by atoms with Gasteiger partial charge < -0.3 is 0 Å². The zero-order chi connectivity index (χ0) is 37.4. The lowest BCUT2D eigenvalue weighted by atomic mass is 9.72. The van der Waals surface area contributed by atoms with Gasteiger partial charge in [-0.15, -0.1) is 0 Å². The van der Waals surface area contributed by atoms with Gasteiger partial charge in [-0.2, -0.15) is 20.5 Å². The maximum Gasteiger partial charge on any atom is 0.186 e. The Morgan fingerprint density at radius 2 is 0.740 bits per heavy atom. The highest BCUT2D eigenvalue weighted by molar-refractivity contribution is 6.12. The van der Waals surface area contributed by atoms with Crippen molar-refractivity contribution in [2.75, 3.05) is 0 Å². The maximum absolute atomic E-state index is 13.2. The van der Waals surface area contributed by atoms with Crippen LogP contribution in [0.1, 0.15) is 94.2 Å². The van der Waals surface area contributed by atoms with Gasteiger partial charge in [0.05, 0.1) is 23.8 Å². The van der Waals surface area contributed by atoms with E-state index in [4.69, 9.17) is 0 Å². The minimum absolute atomic E-state index is 0.103. The predicted molar refractivity (Wildman–Crippen MR) is 207 cm³/mol. The van der Waals surface area contributed by atoms with E-state index >= 15 is 0 Å². The number of allylic oxidation sites excluding steroid dienone is 10. The molecule has 2 aromatic carbocycles. The van der Waals surface area contributed by atoms with E-state index in [-0.39, 0.29) is 33.2 Å². The second-order valence-corrected chi connectivity index (χ2v) is 17.6. The van der Waals surface area contributed by atoms with Crippen LogP contribution >= 0.6 is 0 Å². The summed E-state index contributed by atoms with van der Waals surface area (Å²) in [6, 6.07) is 12.3. The smallest absolute Gasteiger partial charge is 0.186 e. The number of hydrogen-bond acceptors (Lipinski definition) is 6. The fourth-order valence-corrected chi connectivity index (χ4v) is 5.89. The van der Waals surface area contributed by atoms with Crippen LogP contribution in [0.5, 0.6) is 0 Å². The van der Waals surface area contributed by atoms with E-state index in [1.54, 1.807) is 12.4 Å². The molecule has 0 amide bonds. The Hall–Kier alpha value is -4.58. The Kier molecular flexibility index (Phi) is 10.7. The van der Waals surface area contributed by atoms with Crippen molar-refractivity contribution in [1.82, 2.24) is 0 Å². The molecule has 0 aliphatic heterocycles. The summed E-state index contributed by atoms with van der Waals surface area (Å²) in [6.45, 7) is 28.8. The number of carbonyl (C=O) groups is 2. The van der Waals surface area contributed by atoms with E-state index in [1.165, 1.54) is 0 Å². The van der Waals surface area contributed by atoms with Crippen molar-refractivity contribution in [3.8, 4) is 11.1 Å². The minimum atomic E-state index is -0.277. The van der Waals surface area contributed by atoms with Gasteiger partial charge in [-0.1, -0.05) is 95.2 Å². The molecule has 6 heteroatoms. The lowest BCUT2D eigenvalue weighted by molar-refractivity contribution is -0.114. The fraction of sp³-hybridized carbons (Fsp3) is 0.409. The van der Waals surface area contributed by atoms with Gasteiger partial charge >= 0.3 is 0 Å². The Morgan fingerprint density at radius 3 is 0.980 bits per heavy atom. The van der Waals surface area contributed by atoms with Crippen molar-refractivity contribution in [2.45, 2.75) is 96.9 Å². The lowest BCUT2D eigenvalue weighted by Gasteiger charge is -2.31. The molecule has 0 atom stereocenters. The van der Waals surface area contributed by atoms with Gasteiger partial charge in [0.1, 0.15) is 0 Å². The predicted octanol–water partition coefficient (Wildman–Crippen LogP) is 13.0. The van der Waals surface area contributed by atoms with Crippen LogP contribution in [0.3, 0.4) is 0 Å². The summed E-state index contributed by atoms with van der Waals surface area (Å²) in [7, 11) is 0. The highest BCUT2D eigenvalue weighted by Gasteiger charge is 2.35. The normalized spacial score (nSPS) is 16.5. The molecule has 0 unspecified atom stereocenters. The number of azo groups is 2. The van der Waals surface area contributed by atoms with E-state index in [0.717, 1.165) is 67.1 Å². The molecule has 2 aromatic rings. The highest BCUT2D eigenvalue weighted by Crippen LogP contribution is 2.40. The molecular weight excluding hydrogens is 617 g/mol. The first kappa shape index (κ1) is 38.2. The van der Waals surface area contributed by atoms with E-state index in [0.29, 0.717) is 0 Å². The van der Waals surface area contributed by atoms with Crippen LogP contribution in [0.25, 0.3) is 11.1 Å². The zero-order valence-electron chi connectivity index (χ0n) is 32.5. The van der Waals surface area contributed by atoms with Crippen LogP contribution in [-0.4, -0.2) is 11.6 Å². The molecule has 4 rings (SSSR count). The van der Waals surface area contributed by atoms with Crippen molar-refractivity contribution in [1.29, 1.82) is 0 Å². The molecule has 0 heterocycles. The largest absolute Gasteiger partial charge is 0.289 e. The number of Topliss-reactive ketones (excluding diaryl/α,β-unsaturated/α-hetero) is 2. The molecule has 0 saturated heterocycles. The Balaban J connectivity index is 1.55. The average Bonchev–Trinajstić information content (AvgIpc) is 2.97. The molecule has 0 N–H and O–H groups in total. The minimum Gasteiger partial charge on any atom is -0.289 e. The average molecular weight is 671 g/mol. The van der Waals surface area contributed by atoms with Gasteiger partial charge in [0, 0.05) is 22.3 Å². The topological polar surface area (TPSA) is 83.6 Å². The number of rotatable bonds is 5. The van der Waals surface area contributed by atoms with Gasteiger partial charge in [0.25, 0.3) is 0 Å². The summed E-state index contributed by atoms with van der Waals surface area (Å²) in [6.07, 6.45) is 11.2. The standard InChI is InChI=1S/C44H54N4O2/c1-27-19-31(15-17-37(27)47-45-25-29-21-33(41(3,4)5)39(49)34(22-29)42(6,7)8)32-16-18-38(28(2)20-32)48-46-26-30-23-35(43(9,10)11)40(50)36(24-30)44(12,13)14/h15-26H,1-14H3. The first-order valence-corrected chi connectivity index (χ1v) is 17.4. The van der Waals surface area contributed by atoms with Gasteiger partial charge in [0.2, 0.25) is 0 Å². The van der Waals surface area contributed by atoms with Crippen molar-refractivity contribution < 1.29 is 9.59 Å².